The first-order valence-electron chi connectivity index (χ1n) is 8.98. The van der Waals surface area contributed by atoms with Crippen molar-refractivity contribution in [3.63, 3.8) is 0 Å². The fourth-order valence-electron chi connectivity index (χ4n) is 2.75. The number of hydrogen-bond acceptors (Lipinski definition) is 3. The topological polar surface area (TPSA) is 55.4 Å². The first-order chi connectivity index (χ1) is 13.6. The van der Waals surface area contributed by atoms with Gasteiger partial charge < -0.3 is 10.1 Å². The number of ketones is 1. The number of aryl methyl sites for hydroxylation is 1. The van der Waals surface area contributed by atoms with Crippen LogP contribution in [0.25, 0.3) is 0 Å². The molecule has 0 unspecified atom stereocenters. The Morgan fingerprint density at radius 3 is 2.39 bits per heavy atom. The zero-order valence-electron chi connectivity index (χ0n) is 15.4. The van der Waals surface area contributed by atoms with E-state index in [-0.39, 0.29) is 18.3 Å². The third kappa shape index (κ3) is 4.87. The van der Waals surface area contributed by atoms with E-state index in [4.69, 9.17) is 4.74 Å². The smallest absolute Gasteiger partial charge is 0.262 e. The molecule has 0 spiro atoms. The number of ether oxygens (including phenoxy) is 1. The molecule has 0 radical (unpaired) electrons. The summed E-state index contributed by atoms with van der Waals surface area (Å²) in [5.74, 6) is 0.121. The lowest BCUT2D eigenvalue weighted by Crippen LogP contribution is -2.21. The number of carbonyl (C=O) groups is 2. The van der Waals surface area contributed by atoms with E-state index in [1.165, 1.54) is 5.56 Å². The molecule has 1 amide bonds. The zero-order valence-corrected chi connectivity index (χ0v) is 17.0. The van der Waals surface area contributed by atoms with Crippen molar-refractivity contribution in [2.24, 2.45) is 0 Å². The van der Waals surface area contributed by atoms with Crippen LogP contribution in [0.2, 0.25) is 0 Å². The minimum absolute atomic E-state index is 0.143. The largest absolute Gasteiger partial charge is 0.483 e. The van der Waals surface area contributed by atoms with Gasteiger partial charge in [-0.2, -0.15) is 0 Å². The van der Waals surface area contributed by atoms with Crippen LogP contribution in [-0.4, -0.2) is 18.3 Å². The number of anilines is 1. The monoisotopic (exact) mass is 437 g/mol. The van der Waals surface area contributed by atoms with Gasteiger partial charge in [0.25, 0.3) is 5.91 Å². The Morgan fingerprint density at radius 2 is 1.68 bits per heavy atom. The second-order valence-electron chi connectivity index (χ2n) is 6.20. The molecule has 0 aliphatic rings. The van der Waals surface area contributed by atoms with Crippen molar-refractivity contribution in [1.82, 2.24) is 0 Å². The Kier molecular flexibility index (Phi) is 6.61. The van der Waals surface area contributed by atoms with Crippen molar-refractivity contribution in [2.45, 2.75) is 13.3 Å². The van der Waals surface area contributed by atoms with Crippen molar-refractivity contribution in [1.29, 1.82) is 0 Å². The number of rotatable bonds is 7. The minimum Gasteiger partial charge on any atom is -0.483 e. The van der Waals surface area contributed by atoms with Crippen LogP contribution >= 0.6 is 15.9 Å². The van der Waals surface area contributed by atoms with Gasteiger partial charge in [0, 0.05) is 11.1 Å². The summed E-state index contributed by atoms with van der Waals surface area (Å²) in [4.78, 5) is 25.1. The highest BCUT2D eigenvalue weighted by molar-refractivity contribution is 9.10. The minimum atomic E-state index is -0.334. The molecule has 5 heteroatoms. The van der Waals surface area contributed by atoms with Crippen molar-refractivity contribution in [3.8, 4) is 5.75 Å². The molecule has 3 aromatic carbocycles. The number of hydrogen-bond donors (Lipinski definition) is 1. The van der Waals surface area contributed by atoms with Gasteiger partial charge in [0.2, 0.25) is 0 Å². The van der Waals surface area contributed by atoms with Gasteiger partial charge in [-0.15, -0.1) is 0 Å². The predicted molar refractivity (Wildman–Crippen MR) is 114 cm³/mol. The number of carbonyl (C=O) groups excluding carboxylic acids is 2. The molecule has 142 valence electrons. The highest BCUT2D eigenvalue weighted by atomic mass is 79.9. The van der Waals surface area contributed by atoms with E-state index in [0.717, 1.165) is 10.9 Å². The van der Waals surface area contributed by atoms with Crippen LogP contribution in [0, 0.1) is 0 Å². The van der Waals surface area contributed by atoms with Crippen molar-refractivity contribution < 1.29 is 14.3 Å². The molecule has 0 saturated carbocycles. The van der Waals surface area contributed by atoms with Crippen LogP contribution in [0.4, 0.5) is 5.69 Å². The van der Waals surface area contributed by atoms with Crippen molar-refractivity contribution in [3.05, 3.63) is 94.0 Å². The average molecular weight is 438 g/mol. The Bertz CT molecular complexity index is 986. The Balaban J connectivity index is 1.69. The van der Waals surface area contributed by atoms with E-state index in [9.17, 15) is 9.59 Å². The number of amides is 1. The van der Waals surface area contributed by atoms with Gasteiger partial charge >= 0.3 is 0 Å². The first-order valence-corrected chi connectivity index (χ1v) is 9.77. The molecule has 3 aromatic rings. The quantitative estimate of drug-likeness (QED) is 0.512. The molecule has 28 heavy (non-hydrogen) atoms. The first kappa shape index (κ1) is 19.8. The fraction of sp³-hybridized carbons (Fsp3) is 0.130. The Hall–Kier alpha value is -2.92. The highest BCUT2D eigenvalue weighted by Gasteiger charge is 2.15. The number of halogens is 1. The zero-order chi connectivity index (χ0) is 19.9. The van der Waals surface area contributed by atoms with Gasteiger partial charge in [-0.25, -0.2) is 0 Å². The highest BCUT2D eigenvalue weighted by Crippen LogP contribution is 2.26. The molecule has 3 rings (SSSR count). The molecular weight excluding hydrogens is 418 g/mol. The van der Waals surface area contributed by atoms with Gasteiger partial charge in [-0.05, 0) is 52.2 Å². The average Bonchev–Trinajstić information content (AvgIpc) is 2.73. The van der Waals surface area contributed by atoms with Gasteiger partial charge in [0.05, 0.1) is 10.2 Å². The second-order valence-corrected chi connectivity index (χ2v) is 7.05. The summed E-state index contributed by atoms with van der Waals surface area (Å²) in [6, 6.07) is 21.7. The van der Waals surface area contributed by atoms with E-state index in [2.05, 4.69) is 28.2 Å². The summed E-state index contributed by atoms with van der Waals surface area (Å²) in [6.45, 7) is 1.92. The molecule has 4 nitrogen and oxygen atoms in total. The van der Waals surface area contributed by atoms with E-state index in [1.54, 1.807) is 36.4 Å². The third-order valence-corrected chi connectivity index (χ3v) is 4.86. The molecule has 0 fully saturated rings. The Labute approximate surface area is 172 Å². The SMILES string of the molecule is CCc1ccc(OCC(=O)Nc2ccccc2C(=O)c2ccccc2)c(Br)c1. The van der Waals surface area contributed by atoms with Crippen molar-refractivity contribution in [2.75, 3.05) is 11.9 Å². The second kappa shape index (κ2) is 9.33. The molecule has 0 aromatic heterocycles. The molecule has 1 N–H and O–H groups in total. The molecule has 0 aliphatic heterocycles. The summed E-state index contributed by atoms with van der Waals surface area (Å²) in [5.41, 5.74) is 2.65. The maximum atomic E-state index is 12.7. The van der Waals surface area contributed by atoms with Gasteiger partial charge in [-0.1, -0.05) is 55.5 Å². The standard InChI is InChI=1S/C23H20BrNO3/c1-2-16-12-13-21(19(24)14-16)28-15-22(26)25-20-11-7-6-10-18(20)23(27)17-8-4-3-5-9-17/h3-14H,2,15H2,1H3,(H,25,26). The number of para-hydroxylation sites is 1. The lowest BCUT2D eigenvalue weighted by Gasteiger charge is -2.12. The van der Waals surface area contributed by atoms with E-state index in [0.29, 0.717) is 22.6 Å². The van der Waals surface area contributed by atoms with Gasteiger partial charge in [0.1, 0.15) is 5.75 Å². The summed E-state index contributed by atoms with van der Waals surface area (Å²) in [7, 11) is 0. The molecule has 0 atom stereocenters. The summed E-state index contributed by atoms with van der Waals surface area (Å²) in [5, 5.41) is 2.77. The predicted octanol–water partition coefficient (Wildman–Crippen LogP) is 5.26. The lowest BCUT2D eigenvalue weighted by molar-refractivity contribution is -0.118. The van der Waals surface area contributed by atoms with Gasteiger partial charge in [-0.3, -0.25) is 9.59 Å². The van der Waals surface area contributed by atoms with Crippen LogP contribution in [0.5, 0.6) is 5.75 Å². The maximum Gasteiger partial charge on any atom is 0.262 e. The number of benzene rings is 3. The molecule has 0 saturated heterocycles. The molecule has 0 heterocycles. The van der Waals surface area contributed by atoms with Crippen molar-refractivity contribution >= 4 is 33.3 Å². The summed E-state index contributed by atoms with van der Waals surface area (Å²) >= 11 is 3.46. The number of nitrogens with one attached hydrogen (secondary N) is 1. The van der Waals surface area contributed by atoms with Crippen LogP contribution in [-0.2, 0) is 11.2 Å². The van der Waals surface area contributed by atoms with Crippen LogP contribution in [0.3, 0.4) is 0 Å². The maximum absolute atomic E-state index is 12.7. The Morgan fingerprint density at radius 1 is 0.964 bits per heavy atom. The van der Waals surface area contributed by atoms with E-state index >= 15 is 0 Å². The van der Waals surface area contributed by atoms with Crippen LogP contribution in [0.15, 0.2) is 77.3 Å². The van der Waals surface area contributed by atoms with E-state index in [1.807, 2.05) is 36.4 Å². The fourth-order valence-corrected chi connectivity index (χ4v) is 3.29. The lowest BCUT2D eigenvalue weighted by atomic mass is 10.0. The molecular formula is C23H20BrNO3. The van der Waals surface area contributed by atoms with Crippen LogP contribution < -0.4 is 10.1 Å². The third-order valence-electron chi connectivity index (χ3n) is 4.25. The van der Waals surface area contributed by atoms with Crippen LogP contribution in [0.1, 0.15) is 28.4 Å². The molecule has 0 aliphatic carbocycles. The van der Waals surface area contributed by atoms with Gasteiger partial charge in [0.15, 0.2) is 12.4 Å². The molecule has 0 bridgehead atoms. The summed E-state index contributed by atoms with van der Waals surface area (Å²) < 4.78 is 6.42. The summed E-state index contributed by atoms with van der Waals surface area (Å²) in [6.07, 6.45) is 0.922. The normalized spacial score (nSPS) is 10.4. The van der Waals surface area contributed by atoms with E-state index < -0.39 is 0 Å².